The van der Waals surface area contributed by atoms with Gasteiger partial charge in [0, 0.05) is 23.7 Å². The lowest BCUT2D eigenvalue weighted by Crippen LogP contribution is -2.13. The monoisotopic (exact) mass is 417 g/mol. The van der Waals surface area contributed by atoms with Gasteiger partial charge in [-0.15, -0.1) is 11.3 Å². The Morgan fingerprint density at radius 2 is 1.90 bits per heavy atom. The Labute approximate surface area is 179 Å². The van der Waals surface area contributed by atoms with Crippen molar-refractivity contribution in [2.45, 2.75) is 39.5 Å². The average Bonchev–Trinajstić information content (AvgIpc) is 3.31. The molecule has 5 rings (SSSR count). The fourth-order valence-corrected chi connectivity index (χ4v) is 4.98. The second-order valence-electron chi connectivity index (χ2n) is 7.90. The normalized spacial score (nSPS) is 13.4. The minimum atomic E-state index is -0.187. The van der Waals surface area contributed by atoms with Gasteiger partial charge in [-0.1, -0.05) is 12.1 Å². The van der Waals surface area contributed by atoms with Crippen LogP contribution in [0.5, 0.6) is 0 Å². The van der Waals surface area contributed by atoms with Crippen LogP contribution in [0.3, 0.4) is 0 Å². The van der Waals surface area contributed by atoms with Crippen LogP contribution < -0.4 is 5.32 Å². The topological polar surface area (TPSA) is 72.7 Å². The van der Waals surface area contributed by atoms with E-state index in [-0.39, 0.29) is 5.91 Å². The molecule has 1 aromatic carbocycles. The molecule has 7 heteroatoms. The number of benzene rings is 1. The Bertz CT molecular complexity index is 1290. The molecule has 0 aliphatic heterocycles. The Kier molecular flexibility index (Phi) is 4.62. The summed E-state index contributed by atoms with van der Waals surface area (Å²) in [4.78, 5) is 22.3. The van der Waals surface area contributed by atoms with Crippen LogP contribution in [0, 0.1) is 13.8 Å². The molecule has 0 atom stereocenters. The number of nitrogens with one attached hydrogen (secondary N) is 1. The summed E-state index contributed by atoms with van der Waals surface area (Å²) in [5.41, 5.74) is 7.76. The number of aryl methyl sites for hydroxylation is 5. The van der Waals surface area contributed by atoms with Crippen molar-refractivity contribution in [3.63, 3.8) is 0 Å². The van der Waals surface area contributed by atoms with E-state index in [0.29, 0.717) is 16.3 Å². The smallest absolute Gasteiger partial charge is 0.258 e. The summed E-state index contributed by atoms with van der Waals surface area (Å²) in [6.07, 6.45) is 4.83. The molecule has 1 aliphatic rings. The van der Waals surface area contributed by atoms with Crippen LogP contribution in [-0.4, -0.2) is 25.7 Å². The highest BCUT2D eigenvalue weighted by Gasteiger charge is 2.19. The molecule has 0 bridgehead atoms. The van der Waals surface area contributed by atoms with Crippen LogP contribution in [0.4, 0.5) is 5.13 Å². The molecule has 3 heterocycles. The number of thiazole rings is 1. The number of pyridine rings is 1. The van der Waals surface area contributed by atoms with Crippen LogP contribution in [0.25, 0.3) is 22.3 Å². The summed E-state index contributed by atoms with van der Waals surface area (Å²) >= 11 is 1.44. The van der Waals surface area contributed by atoms with Crippen molar-refractivity contribution in [1.82, 2.24) is 19.7 Å². The van der Waals surface area contributed by atoms with E-state index < -0.39 is 0 Å². The predicted molar refractivity (Wildman–Crippen MR) is 120 cm³/mol. The van der Waals surface area contributed by atoms with Gasteiger partial charge in [0.05, 0.1) is 22.3 Å². The molecule has 1 amide bonds. The van der Waals surface area contributed by atoms with E-state index in [2.05, 4.69) is 38.6 Å². The van der Waals surface area contributed by atoms with E-state index in [0.717, 1.165) is 34.5 Å². The molecule has 152 valence electrons. The highest BCUT2D eigenvalue weighted by Crippen LogP contribution is 2.30. The molecular weight excluding hydrogens is 394 g/mol. The second-order valence-corrected chi connectivity index (χ2v) is 8.76. The lowest BCUT2D eigenvalue weighted by Gasteiger charge is -2.16. The Hall–Kier alpha value is -3.06. The summed E-state index contributed by atoms with van der Waals surface area (Å²) in [7, 11) is 1.84. The van der Waals surface area contributed by atoms with Gasteiger partial charge in [-0.3, -0.25) is 14.8 Å². The summed E-state index contributed by atoms with van der Waals surface area (Å²) in [6, 6.07) is 8.43. The number of hydrogen-bond donors (Lipinski definition) is 1. The molecule has 0 unspecified atom stereocenters. The van der Waals surface area contributed by atoms with E-state index in [1.54, 1.807) is 4.68 Å². The highest BCUT2D eigenvalue weighted by atomic mass is 32.1. The van der Waals surface area contributed by atoms with Crippen LogP contribution in [0.15, 0.2) is 29.6 Å². The van der Waals surface area contributed by atoms with Gasteiger partial charge >= 0.3 is 0 Å². The summed E-state index contributed by atoms with van der Waals surface area (Å²) in [6.45, 7) is 3.78. The maximum absolute atomic E-state index is 13.1. The van der Waals surface area contributed by atoms with Gasteiger partial charge in [0.25, 0.3) is 5.91 Å². The Morgan fingerprint density at radius 3 is 2.73 bits per heavy atom. The number of carbonyl (C=O) groups is 1. The Morgan fingerprint density at radius 1 is 1.10 bits per heavy atom. The predicted octanol–water partition coefficient (Wildman–Crippen LogP) is 4.84. The van der Waals surface area contributed by atoms with Gasteiger partial charge in [-0.25, -0.2) is 9.97 Å². The van der Waals surface area contributed by atoms with E-state index >= 15 is 0 Å². The number of anilines is 1. The third kappa shape index (κ3) is 3.29. The van der Waals surface area contributed by atoms with Crippen LogP contribution in [-0.2, 0) is 19.9 Å². The number of rotatable bonds is 3. The third-order valence-corrected chi connectivity index (χ3v) is 6.47. The van der Waals surface area contributed by atoms with Crippen molar-refractivity contribution in [3.05, 3.63) is 57.7 Å². The van der Waals surface area contributed by atoms with Gasteiger partial charge in [0.2, 0.25) is 0 Å². The van der Waals surface area contributed by atoms with Crippen molar-refractivity contribution < 1.29 is 4.79 Å². The van der Waals surface area contributed by atoms with Crippen molar-refractivity contribution in [2.24, 2.45) is 7.05 Å². The minimum absolute atomic E-state index is 0.187. The average molecular weight is 418 g/mol. The third-order valence-electron chi connectivity index (χ3n) is 5.71. The number of nitrogens with zero attached hydrogens (tertiary/aromatic N) is 4. The van der Waals surface area contributed by atoms with Crippen LogP contribution >= 0.6 is 11.3 Å². The molecule has 3 aromatic heterocycles. The van der Waals surface area contributed by atoms with Gasteiger partial charge in [-0.05, 0) is 62.8 Å². The second kappa shape index (κ2) is 7.32. The van der Waals surface area contributed by atoms with E-state index in [1.165, 1.54) is 41.7 Å². The molecule has 0 radical (unpaired) electrons. The quantitative estimate of drug-likeness (QED) is 0.518. The number of hydrogen-bond acceptors (Lipinski definition) is 5. The molecule has 30 heavy (non-hydrogen) atoms. The number of aromatic nitrogens is 4. The van der Waals surface area contributed by atoms with Crippen molar-refractivity contribution in [1.29, 1.82) is 0 Å². The van der Waals surface area contributed by atoms with Crippen LogP contribution in [0.2, 0.25) is 0 Å². The largest absolute Gasteiger partial charge is 0.298 e. The lowest BCUT2D eigenvalue weighted by molar-refractivity contribution is 0.102. The molecule has 0 saturated heterocycles. The number of fused-ring (bicyclic) bond motifs is 2. The molecule has 6 nitrogen and oxygen atoms in total. The lowest BCUT2D eigenvalue weighted by atomic mass is 9.90. The zero-order valence-corrected chi connectivity index (χ0v) is 18.1. The maximum atomic E-state index is 13.1. The van der Waals surface area contributed by atoms with Gasteiger partial charge in [0.1, 0.15) is 0 Å². The first-order valence-corrected chi connectivity index (χ1v) is 11.1. The summed E-state index contributed by atoms with van der Waals surface area (Å²) < 4.78 is 1.71. The molecule has 1 aliphatic carbocycles. The number of amides is 1. The molecule has 0 spiro atoms. The first kappa shape index (κ1) is 18.9. The van der Waals surface area contributed by atoms with Gasteiger partial charge in [0.15, 0.2) is 10.8 Å². The number of carbonyl (C=O) groups excluding carboxylic acids is 1. The van der Waals surface area contributed by atoms with Crippen LogP contribution in [0.1, 0.15) is 45.7 Å². The van der Waals surface area contributed by atoms with E-state index in [1.807, 2.05) is 32.3 Å². The zero-order chi connectivity index (χ0) is 20.8. The van der Waals surface area contributed by atoms with Gasteiger partial charge < -0.3 is 0 Å². The van der Waals surface area contributed by atoms with Crippen molar-refractivity contribution in [2.75, 3.05) is 5.32 Å². The summed E-state index contributed by atoms with van der Waals surface area (Å²) in [5.74, 6) is -0.187. The van der Waals surface area contributed by atoms with Crippen molar-refractivity contribution >= 4 is 33.4 Å². The van der Waals surface area contributed by atoms with E-state index in [4.69, 9.17) is 0 Å². The zero-order valence-electron chi connectivity index (χ0n) is 17.3. The highest BCUT2D eigenvalue weighted by molar-refractivity contribution is 7.14. The van der Waals surface area contributed by atoms with E-state index in [9.17, 15) is 4.79 Å². The molecule has 4 aromatic rings. The fraction of sp³-hybridized carbons (Fsp3) is 0.304. The summed E-state index contributed by atoms with van der Waals surface area (Å²) in [5, 5.41) is 10.8. The maximum Gasteiger partial charge on any atom is 0.258 e. The SMILES string of the molecule is Cc1cc(C(=O)Nc2nc(-c3ccc4c(c3)CCCC4)cs2)c2c(C)nn(C)c2n1. The molecular formula is C23H23N5OS. The Balaban J connectivity index is 1.43. The van der Waals surface area contributed by atoms with Crippen molar-refractivity contribution in [3.8, 4) is 11.3 Å². The fourth-order valence-electron chi connectivity index (χ4n) is 4.27. The first-order valence-electron chi connectivity index (χ1n) is 10.2. The standard InChI is InChI=1S/C23H23N5OS/c1-13-10-18(20-14(2)27-28(3)21(20)24-13)22(29)26-23-25-19(12-30-23)17-9-8-15-6-4-5-7-16(15)11-17/h8-12H,4-7H2,1-3H3,(H,25,26,29). The molecule has 0 fully saturated rings. The molecule has 0 saturated carbocycles. The van der Waals surface area contributed by atoms with Gasteiger partial charge in [-0.2, -0.15) is 5.10 Å². The first-order chi connectivity index (χ1) is 14.5. The molecule has 1 N–H and O–H groups in total. The minimum Gasteiger partial charge on any atom is -0.298 e.